The van der Waals surface area contributed by atoms with E-state index in [0.29, 0.717) is 0 Å². The van der Waals surface area contributed by atoms with Crippen LogP contribution in [0.4, 0.5) is 4.39 Å². The summed E-state index contributed by atoms with van der Waals surface area (Å²) >= 11 is 0. The first-order valence-corrected chi connectivity index (χ1v) is 7.44. The van der Waals surface area contributed by atoms with Gasteiger partial charge in [-0.05, 0) is 43.2 Å². The second-order valence-electron chi connectivity index (χ2n) is 5.85. The molecule has 1 aromatic carbocycles. The van der Waals surface area contributed by atoms with Crippen LogP contribution in [0.2, 0.25) is 0 Å². The lowest BCUT2D eigenvalue weighted by molar-refractivity contribution is -0.129. The van der Waals surface area contributed by atoms with Crippen molar-refractivity contribution in [1.29, 1.82) is 0 Å². The van der Waals surface area contributed by atoms with Crippen molar-refractivity contribution in [2.75, 3.05) is 19.8 Å². The summed E-state index contributed by atoms with van der Waals surface area (Å²) in [5.74, 6) is -0.522. The van der Waals surface area contributed by atoms with Gasteiger partial charge in [-0.3, -0.25) is 4.79 Å². The Hall–Kier alpha value is -1.62. The predicted molar refractivity (Wildman–Crippen MR) is 75.5 cm³/mol. The van der Waals surface area contributed by atoms with Crippen LogP contribution in [0.1, 0.15) is 25.7 Å². The van der Waals surface area contributed by atoms with Crippen molar-refractivity contribution in [3.05, 3.63) is 30.1 Å². The standard InChI is InChI=1S/C16H20FNO3/c17-12-3-1-2-4-13(12)21-11-15(19)18-14-5-6-16(14)7-9-20-10-8-16/h1-4,14H,5-11H2,(H,18,19). The van der Waals surface area contributed by atoms with Gasteiger partial charge >= 0.3 is 0 Å². The number of hydrogen-bond acceptors (Lipinski definition) is 3. The fourth-order valence-electron chi connectivity index (χ4n) is 3.24. The average molecular weight is 293 g/mol. The third-order valence-corrected chi connectivity index (χ3v) is 4.69. The van der Waals surface area contributed by atoms with Crippen molar-refractivity contribution in [3.63, 3.8) is 0 Å². The van der Waals surface area contributed by atoms with Crippen LogP contribution in [0.3, 0.4) is 0 Å². The number of ether oxygens (including phenoxy) is 2. The van der Waals surface area contributed by atoms with E-state index in [9.17, 15) is 9.18 Å². The van der Waals surface area contributed by atoms with Crippen molar-refractivity contribution < 1.29 is 18.7 Å². The molecule has 1 aliphatic heterocycles. The second-order valence-corrected chi connectivity index (χ2v) is 5.85. The minimum absolute atomic E-state index is 0.113. The fraction of sp³-hybridized carbons (Fsp3) is 0.562. The van der Waals surface area contributed by atoms with Gasteiger partial charge in [0.25, 0.3) is 5.91 Å². The van der Waals surface area contributed by atoms with Crippen molar-refractivity contribution in [2.45, 2.75) is 31.7 Å². The summed E-state index contributed by atoms with van der Waals surface area (Å²) in [7, 11) is 0. The minimum Gasteiger partial charge on any atom is -0.481 e. The number of carbonyl (C=O) groups excluding carboxylic acids is 1. The Morgan fingerprint density at radius 3 is 2.76 bits per heavy atom. The van der Waals surface area contributed by atoms with E-state index in [1.807, 2.05) is 0 Å². The first-order valence-electron chi connectivity index (χ1n) is 7.44. The largest absolute Gasteiger partial charge is 0.481 e. The summed E-state index contributed by atoms with van der Waals surface area (Å²) in [5.41, 5.74) is 0.214. The average Bonchev–Trinajstić information content (AvgIpc) is 2.51. The Morgan fingerprint density at radius 1 is 1.33 bits per heavy atom. The molecule has 1 amide bonds. The molecule has 0 radical (unpaired) electrons. The SMILES string of the molecule is O=C(COc1ccccc1F)NC1CCC12CCOCC2. The van der Waals surface area contributed by atoms with E-state index in [0.717, 1.165) is 38.9 Å². The van der Waals surface area contributed by atoms with Crippen LogP contribution >= 0.6 is 0 Å². The molecule has 1 heterocycles. The van der Waals surface area contributed by atoms with E-state index in [2.05, 4.69) is 5.32 Å². The third kappa shape index (κ3) is 3.02. The van der Waals surface area contributed by atoms with Gasteiger partial charge in [0.05, 0.1) is 0 Å². The molecule has 1 N–H and O–H groups in total. The van der Waals surface area contributed by atoms with Gasteiger partial charge in [0.1, 0.15) is 0 Å². The van der Waals surface area contributed by atoms with Gasteiger partial charge in [0.2, 0.25) is 0 Å². The molecule has 2 aliphatic rings. The molecule has 1 aliphatic carbocycles. The quantitative estimate of drug-likeness (QED) is 0.926. The molecule has 1 atom stereocenters. The normalized spacial score (nSPS) is 23.4. The number of carbonyl (C=O) groups is 1. The van der Waals surface area contributed by atoms with Crippen molar-refractivity contribution in [1.82, 2.24) is 5.32 Å². The molecular weight excluding hydrogens is 273 g/mol. The number of rotatable bonds is 4. The van der Waals surface area contributed by atoms with E-state index in [-0.39, 0.29) is 29.7 Å². The van der Waals surface area contributed by atoms with E-state index >= 15 is 0 Å². The highest BCUT2D eigenvalue weighted by atomic mass is 19.1. The summed E-state index contributed by atoms with van der Waals surface area (Å²) in [5, 5.41) is 3.02. The van der Waals surface area contributed by atoms with Crippen molar-refractivity contribution in [3.8, 4) is 5.75 Å². The highest BCUT2D eigenvalue weighted by Crippen LogP contribution is 2.48. The van der Waals surface area contributed by atoms with Crippen LogP contribution in [0.15, 0.2) is 24.3 Å². The molecular formula is C16H20FNO3. The Morgan fingerprint density at radius 2 is 2.10 bits per heavy atom. The Labute approximate surface area is 123 Å². The molecule has 1 saturated heterocycles. The van der Waals surface area contributed by atoms with Gasteiger partial charge in [0, 0.05) is 19.3 Å². The lowest BCUT2D eigenvalue weighted by Gasteiger charge is -2.52. The zero-order valence-corrected chi connectivity index (χ0v) is 11.9. The summed E-state index contributed by atoms with van der Waals surface area (Å²) in [6.07, 6.45) is 4.17. The molecule has 114 valence electrons. The van der Waals surface area contributed by atoms with E-state index in [1.54, 1.807) is 12.1 Å². The van der Waals surface area contributed by atoms with Gasteiger partial charge in [-0.1, -0.05) is 12.1 Å². The predicted octanol–water partition coefficient (Wildman–Crippen LogP) is 2.28. The molecule has 1 saturated carbocycles. The molecule has 1 unspecified atom stereocenters. The van der Waals surface area contributed by atoms with Gasteiger partial charge < -0.3 is 14.8 Å². The smallest absolute Gasteiger partial charge is 0.258 e. The third-order valence-electron chi connectivity index (χ3n) is 4.69. The topological polar surface area (TPSA) is 47.6 Å². The van der Waals surface area contributed by atoms with E-state index in [1.165, 1.54) is 12.1 Å². The molecule has 5 heteroatoms. The number of nitrogens with one attached hydrogen (secondary N) is 1. The van der Waals surface area contributed by atoms with Crippen LogP contribution in [-0.2, 0) is 9.53 Å². The number of hydrogen-bond donors (Lipinski definition) is 1. The highest BCUT2D eigenvalue weighted by molar-refractivity contribution is 5.78. The number of benzene rings is 1. The maximum absolute atomic E-state index is 13.4. The Kier molecular flexibility index (Phi) is 4.10. The van der Waals surface area contributed by atoms with Crippen molar-refractivity contribution >= 4 is 5.91 Å². The highest BCUT2D eigenvalue weighted by Gasteiger charge is 2.47. The fourth-order valence-corrected chi connectivity index (χ4v) is 3.24. The second kappa shape index (κ2) is 6.02. The first kappa shape index (κ1) is 14.3. The molecule has 3 rings (SSSR count). The summed E-state index contributed by atoms with van der Waals surface area (Å²) in [6, 6.07) is 6.31. The molecule has 0 aromatic heterocycles. The monoisotopic (exact) mass is 293 g/mol. The van der Waals surface area contributed by atoms with Gasteiger partial charge in [-0.2, -0.15) is 0 Å². The van der Waals surface area contributed by atoms with Gasteiger partial charge in [0.15, 0.2) is 18.2 Å². The number of amides is 1. The first-order chi connectivity index (χ1) is 10.2. The summed E-state index contributed by atoms with van der Waals surface area (Å²) < 4.78 is 24.0. The van der Waals surface area contributed by atoms with Crippen LogP contribution in [0.25, 0.3) is 0 Å². The molecule has 2 fully saturated rings. The zero-order valence-electron chi connectivity index (χ0n) is 11.9. The lowest BCUT2D eigenvalue weighted by atomic mass is 9.60. The summed E-state index contributed by atoms with van der Waals surface area (Å²) in [4.78, 5) is 12.0. The van der Waals surface area contributed by atoms with Crippen LogP contribution in [-0.4, -0.2) is 31.8 Å². The lowest BCUT2D eigenvalue weighted by Crippen LogP contribution is -2.57. The minimum atomic E-state index is -0.449. The molecule has 21 heavy (non-hydrogen) atoms. The number of para-hydroxylation sites is 1. The zero-order chi connectivity index (χ0) is 14.7. The summed E-state index contributed by atoms with van der Waals surface area (Å²) in [6.45, 7) is 1.40. The maximum Gasteiger partial charge on any atom is 0.258 e. The van der Waals surface area contributed by atoms with Crippen LogP contribution in [0, 0.1) is 11.2 Å². The van der Waals surface area contributed by atoms with E-state index < -0.39 is 5.82 Å². The molecule has 4 nitrogen and oxygen atoms in total. The molecule has 1 aromatic rings. The Bertz CT molecular complexity index is 514. The van der Waals surface area contributed by atoms with Gasteiger partial charge in [-0.25, -0.2) is 4.39 Å². The molecule has 1 spiro atoms. The van der Waals surface area contributed by atoms with Crippen LogP contribution in [0.5, 0.6) is 5.75 Å². The molecule has 0 bridgehead atoms. The maximum atomic E-state index is 13.4. The van der Waals surface area contributed by atoms with Crippen LogP contribution < -0.4 is 10.1 Å². The van der Waals surface area contributed by atoms with Gasteiger partial charge in [-0.15, -0.1) is 0 Å². The Balaban J connectivity index is 1.49. The van der Waals surface area contributed by atoms with Crippen molar-refractivity contribution in [2.24, 2.45) is 5.41 Å². The number of halogens is 1. The van der Waals surface area contributed by atoms with E-state index in [4.69, 9.17) is 9.47 Å².